The Morgan fingerprint density at radius 1 is 1.22 bits per heavy atom. The van der Waals surface area contributed by atoms with E-state index in [0.717, 1.165) is 42.0 Å². The summed E-state index contributed by atoms with van der Waals surface area (Å²) in [4.78, 5) is 28.3. The Hall–Kier alpha value is -3.39. The highest BCUT2D eigenvalue weighted by Crippen LogP contribution is 2.24. The molecule has 8 nitrogen and oxygen atoms in total. The standard InChI is InChI=1S/C24H27N7O/c1-2-30-13-3-4-20(30)9-10-22(32)17-5-7-19(8-6-17)29-23-24-27-16-28-31(24)21(15-26-23)18-11-12-25-14-18/h5-8,11,14-16,20H,2-4,9-10,12-13H2,1H3,(H,26,29). The average Bonchev–Trinajstić information content (AvgIpc) is 3.60. The van der Waals surface area contributed by atoms with Crippen LogP contribution in [0.15, 0.2) is 47.9 Å². The van der Waals surface area contributed by atoms with Crippen molar-refractivity contribution in [2.75, 3.05) is 25.0 Å². The fourth-order valence-electron chi connectivity index (χ4n) is 4.58. The van der Waals surface area contributed by atoms with E-state index in [-0.39, 0.29) is 5.78 Å². The lowest BCUT2D eigenvalue weighted by atomic mass is 10.0. The molecule has 1 aromatic carbocycles. The smallest absolute Gasteiger partial charge is 0.199 e. The van der Waals surface area contributed by atoms with Crippen molar-refractivity contribution in [1.82, 2.24) is 24.5 Å². The Kier molecular flexibility index (Phi) is 5.77. The molecule has 5 rings (SSSR count). The number of carbonyl (C=O) groups is 1. The second-order valence-corrected chi connectivity index (χ2v) is 8.23. The van der Waals surface area contributed by atoms with Gasteiger partial charge in [-0.05, 0) is 56.6 Å². The van der Waals surface area contributed by atoms with E-state index in [9.17, 15) is 4.79 Å². The van der Waals surface area contributed by atoms with E-state index >= 15 is 0 Å². The molecule has 0 amide bonds. The molecule has 1 atom stereocenters. The number of hydrogen-bond donors (Lipinski definition) is 1. The highest BCUT2D eigenvalue weighted by Gasteiger charge is 2.23. The lowest BCUT2D eigenvalue weighted by Crippen LogP contribution is -2.29. The number of Topliss-reactive ketones (excluding diaryl/α,β-unsaturated/α-hetero) is 1. The number of nitrogens with one attached hydrogen (secondary N) is 1. The van der Waals surface area contributed by atoms with Crippen molar-refractivity contribution >= 4 is 34.7 Å². The van der Waals surface area contributed by atoms with Crippen LogP contribution >= 0.6 is 0 Å². The third kappa shape index (κ3) is 4.05. The number of rotatable bonds is 8. The first-order chi connectivity index (χ1) is 15.7. The first kappa shape index (κ1) is 20.5. The number of aromatic nitrogens is 4. The molecule has 0 spiro atoms. The molecule has 0 aliphatic carbocycles. The summed E-state index contributed by atoms with van der Waals surface area (Å²) >= 11 is 0. The average molecular weight is 430 g/mol. The minimum absolute atomic E-state index is 0.202. The fraction of sp³-hybridized carbons (Fsp3) is 0.375. The summed E-state index contributed by atoms with van der Waals surface area (Å²) in [7, 11) is 0. The van der Waals surface area contributed by atoms with Gasteiger partial charge < -0.3 is 10.2 Å². The summed E-state index contributed by atoms with van der Waals surface area (Å²) in [6, 6.07) is 8.14. The van der Waals surface area contributed by atoms with Gasteiger partial charge in [0.25, 0.3) is 0 Å². The van der Waals surface area contributed by atoms with Gasteiger partial charge in [0.1, 0.15) is 6.33 Å². The van der Waals surface area contributed by atoms with Gasteiger partial charge in [0.05, 0.1) is 18.4 Å². The largest absolute Gasteiger partial charge is 0.337 e. The second-order valence-electron chi connectivity index (χ2n) is 8.23. The van der Waals surface area contributed by atoms with Crippen molar-refractivity contribution in [3.05, 3.63) is 54.1 Å². The van der Waals surface area contributed by atoms with Gasteiger partial charge in [0, 0.05) is 35.5 Å². The van der Waals surface area contributed by atoms with Crippen molar-refractivity contribution in [2.24, 2.45) is 4.99 Å². The molecule has 2 aromatic heterocycles. The van der Waals surface area contributed by atoms with Crippen LogP contribution in [-0.4, -0.2) is 62.2 Å². The molecule has 2 aliphatic heterocycles. The Morgan fingerprint density at radius 3 is 2.88 bits per heavy atom. The summed E-state index contributed by atoms with van der Waals surface area (Å²) in [6.07, 6.45) is 11.1. The molecule has 4 heterocycles. The number of likely N-dealkylation sites (tertiary alicyclic amines) is 1. The van der Waals surface area contributed by atoms with Crippen LogP contribution in [0.1, 0.15) is 48.7 Å². The molecule has 1 saturated heterocycles. The number of nitrogens with zero attached hydrogens (tertiary/aromatic N) is 6. The fourth-order valence-corrected chi connectivity index (χ4v) is 4.58. The Bertz CT molecular complexity index is 1180. The van der Waals surface area contributed by atoms with Crippen molar-refractivity contribution in [3.8, 4) is 0 Å². The highest BCUT2D eigenvalue weighted by molar-refractivity contribution is 6.11. The minimum Gasteiger partial charge on any atom is -0.337 e. The maximum Gasteiger partial charge on any atom is 0.199 e. The summed E-state index contributed by atoms with van der Waals surface area (Å²) in [5, 5.41) is 7.64. The van der Waals surface area contributed by atoms with Gasteiger partial charge in [-0.3, -0.25) is 9.79 Å². The molecule has 0 saturated carbocycles. The highest BCUT2D eigenvalue weighted by atomic mass is 16.1. The predicted molar refractivity (Wildman–Crippen MR) is 126 cm³/mol. The number of benzene rings is 1. The zero-order valence-electron chi connectivity index (χ0n) is 18.2. The first-order valence-corrected chi connectivity index (χ1v) is 11.3. The van der Waals surface area contributed by atoms with Crippen LogP contribution in [-0.2, 0) is 0 Å². The van der Waals surface area contributed by atoms with Crippen molar-refractivity contribution in [3.63, 3.8) is 0 Å². The van der Waals surface area contributed by atoms with E-state index in [0.29, 0.717) is 30.5 Å². The number of anilines is 2. The summed E-state index contributed by atoms with van der Waals surface area (Å²) in [5.41, 5.74) is 4.08. The molecule has 3 aromatic rings. The van der Waals surface area contributed by atoms with Gasteiger partial charge in [-0.25, -0.2) is 14.5 Å². The van der Waals surface area contributed by atoms with Crippen molar-refractivity contribution < 1.29 is 4.79 Å². The van der Waals surface area contributed by atoms with Gasteiger partial charge in [0.15, 0.2) is 17.2 Å². The van der Waals surface area contributed by atoms with Crippen LogP contribution in [0.5, 0.6) is 0 Å². The lowest BCUT2D eigenvalue weighted by Gasteiger charge is -2.22. The molecule has 8 heteroatoms. The molecule has 164 valence electrons. The van der Waals surface area contributed by atoms with Gasteiger partial charge in [0.2, 0.25) is 0 Å². The SMILES string of the molecule is CCN1CCCC1CCC(=O)c1ccc(Nc2ncc(C3=CCN=C3)n3ncnc23)cc1. The Labute approximate surface area is 187 Å². The van der Waals surface area contributed by atoms with Crippen LogP contribution in [0.25, 0.3) is 11.2 Å². The maximum atomic E-state index is 12.7. The van der Waals surface area contributed by atoms with Crippen LogP contribution in [0.4, 0.5) is 11.5 Å². The van der Waals surface area contributed by atoms with Crippen LogP contribution in [0.3, 0.4) is 0 Å². The van der Waals surface area contributed by atoms with Gasteiger partial charge in [-0.1, -0.05) is 13.0 Å². The molecule has 0 radical (unpaired) electrons. The maximum absolute atomic E-state index is 12.7. The molecular formula is C24H27N7O. The summed E-state index contributed by atoms with van der Waals surface area (Å²) < 4.78 is 1.76. The molecule has 2 aliphatic rings. The van der Waals surface area contributed by atoms with Crippen molar-refractivity contribution in [1.29, 1.82) is 0 Å². The van der Waals surface area contributed by atoms with Gasteiger partial charge >= 0.3 is 0 Å². The third-order valence-corrected chi connectivity index (χ3v) is 6.33. The molecule has 32 heavy (non-hydrogen) atoms. The molecule has 1 fully saturated rings. The van der Waals surface area contributed by atoms with E-state index in [1.807, 2.05) is 36.6 Å². The van der Waals surface area contributed by atoms with E-state index < -0.39 is 0 Å². The second kappa shape index (κ2) is 9.00. The summed E-state index contributed by atoms with van der Waals surface area (Å²) in [5.74, 6) is 0.815. The number of aliphatic imine (C=N–C) groups is 1. The number of allylic oxidation sites excluding steroid dienone is 1. The number of fused-ring (bicyclic) bond motifs is 1. The van der Waals surface area contributed by atoms with Crippen LogP contribution < -0.4 is 5.32 Å². The van der Waals surface area contributed by atoms with E-state index in [4.69, 9.17) is 0 Å². The predicted octanol–water partition coefficient (Wildman–Crippen LogP) is 3.78. The zero-order chi connectivity index (χ0) is 21.9. The van der Waals surface area contributed by atoms with E-state index in [1.165, 1.54) is 19.2 Å². The van der Waals surface area contributed by atoms with Crippen LogP contribution in [0.2, 0.25) is 0 Å². The Morgan fingerprint density at radius 2 is 2.09 bits per heavy atom. The zero-order valence-corrected chi connectivity index (χ0v) is 18.2. The number of hydrogen-bond acceptors (Lipinski definition) is 7. The van der Waals surface area contributed by atoms with Gasteiger partial charge in [-0.15, -0.1) is 0 Å². The monoisotopic (exact) mass is 429 g/mol. The topological polar surface area (TPSA) is 87.8 Å². The van der Waals surface area contributed by atoms with Crippen LogP contribution in [0, 0.1) is 0 Å². The molecule has 1 N–H and O–H groups in total. The van der Waals surface area contributed by atoms with Gasteiger partial charge in [-0.2, -0.15) is 5.10 Å². The van der Waals surface area contributed by atoms with E-state index in [2.05, 4.69) is 37.2 Å². The third-order valence-electron chi connectivity index (χ3n) is 6.33. The number of ketones is 1. The van der Waals surface area contributed by atoms with Crippen molar-refractivity contribution in [2.45, 2.75) is 38.6 Å². The minimum atomic E-state index is 0.202. The summed E-state index contributed by atoms with van der Waals surface area (Å²) in [6.45, 7) is 5.10. The normalized spacial score (nSPS) is 18.4. The van der Waals surface area contributed by atoms with E-state index in [1.54, 1.807) is 10.7 Å². The lowest BCUT2D eigenvalue weighted by molar-refractivity contribution is 0.0968. The quantitative estimate of drug-likeness (QED) is 0.548. The first-order valence-electron chi connectivity index (χ1n) is 11.3. The molecule has 1 unspecified atom stereocenters. The number of carbonyl (C=O) groups excluding carboxylic acids is 1. The molecular weight excluding hydrogens is 402 g/mol. The Balaban J connectivity index is 1.26. The molecule has 0 bridgehead atoms.